The number of hydrogen-bond donors (Lipinski definition) is 2. The molecular formula is C16H24N4O7S2. The van der Waals surface area contributed by atoms with Gasteiger partial charge in [0.05, 0.1) is 34.5 Å². The minimum Gasteiger partial charge on any atom is -0.379 e. The summed E-state index contributed by atoms with van der Waals surface area (Å²) in [6.07, 6.45) is 0.552. The van der Waals surface area contributed by atoms with Crippen LogP contribution in [0.3, 0.4) is 0 Å². The third kappa shape index (κ3) is 5.42. The van der Waals surface area contributed by atoms with E-state index < -0.39 is 24.8 Å². The first-order valence-electron chi connectivity index (χ1n) is 9.23. The molecule has 0 saturated carbocycles. The van der Waals surface area contributed by atoms with Gasteiger partial charge in [0.25, 0.3) is 5.69 Å². The van der Waals surface area contributed by atoms with Crippen molar-refractivity contribution < 1.29 is 26.5 Å². The van der Waals surface area contributed by atoms with Crippen LogP contribution in [-0.4, -0.2) is 83.0 Å². The molecule has 2 N–H and O–H groups in total. The zero-order valence-corrected chi connectivity index (χ0v) is 17.4. The molecule has 13 heteroatoms. The highest BCUT2D eigenvalue weighted by atomic mass is 32.2. The lowest BCUT2D eigenvalue weighted by molar-refractivity contribution is -0.384. The Morgan fingerprint density at radius 2 is 1.97 bits per heavy atom. The molecule has 1 aromatic carbocycles. The predicted molar refractivity (Wildman–Crippen MR) is 106 cm³/mol. The molecule has 0 bridgehead atoms. The van der Waals surface area contributed by atoms with E-state index in [0.29, 0.717) is 19.5 Å². The van der Waals surface area contributed by atoms with Crippen LogP contribution in [0.25, 0.3) is 0 Å². The summed E-state index contributed by atoms with van der Waals surface area (Å²) in [6.45, 7) is 1.74. The van der Waals surface area contributed by atoms with Crippen LogP contribution in [0.1, 0.15) is 6.42 Å². The van der Waals surface area contributed by atoms with Gasteiger partial charge in [-0.2, -0.15) is 4.31 Å². The van der Waals surface area contributed by atoms with E-state index in [4.69, 9.17) is 4.74 Å². The number of nitro benzene ring substituents is 1. The number of nitrogens with one attached hydrogen (secondary N) is 2. The number of benzene rings is 1. The highest BCUT2D eigenvalue weighted by Gasteiger charge is 2.29. The number of morpholine rings is 1. The van der Waals surface area contributed by atoms with Crippen molar-refractivity contribution in [1.82, 2.24) is 9.62 Å². The molecule has 1 atom stereocenters. The van der Waals surface area contributed by atoms with Gasteiger partial charge in [-0.25, -0.2) is 16.8 Å². The van der Waals surface area contributed by atoms with Crippen LogP contribution in [0, 0.1) is 10.1 Å². The summed E-state index contributed by atoms with van der Waals surface area (Å²) in [5.41, 5.74) is -0.125. The van der Waals surface area contributed by atoms with Gasteiger partial charge in [-0.05, 0) is 18.6 Å². The van der Waals surface area contributed by atoms with E-state index >= 15 is 0 Å². The molecule has 162 valence electrons. The SMILES string of the molecule is O=[N+]([O-])c1cc(S(=O)(=O)N2CCOCC2)ccc1NCCNC1CCS(=O)(=O)C1. The van der Waals surface area contributed by atoms with Crippen molar-refractivity contribution >= 4 is 31.2 Å². The second kappa shape index (κ2) is 8.92. The molecule has 0 radical (unpaired) electrons. The lowest BCUT2D eigenvalue weighted by atomic mass is 10.2. The van der Waals surface area contributed by atoms with Crippen molar-refractivity contribution in [3.63, 3.8) is 0 Å². The molecule has 2 aliphatic rings. The smallest absolute Gasteiger partial charge is 0.293 e. The van der Waals surface area contributed by atoms with Crippen molar-refractivity contribution in [2.24, 2.45) is 0 Å². The number of rotatable bonds is 8. The molecule has 0 amide bonds. The zero-order valence-electron chi connectivity index (χ0n) is 15.7. The topological polar surface area (TPSA) is 148 Å². The van der Waals surface area contributed by atoms with E-state index in [-0.39, 0.29) is 60.1 Å². The lowest BCUT2D eigenvalue weighted by Crippen LogP contribution is -2.40. The van der Waals surface area contributed by atoms with Crippen LogP contribution >= 0.6 is 0 Å². The molecule has 0 aliphatic carbocycles. The van der Waals surface area contributed by atoms with Crippen LogP contribution < -0.4 is 10.6 Å². The number of ether oxygens (including phenoxy) is 1. The first-order valence-corrected chi connectivity index (χ1v) is 12.5. The van der Waals surface area contributed by atoms with Crippen LogP contribution in [0.4, 0.5) is 11.4 Å². The number of nitro groups is 1. The molecular weight excluding hydrogens is 424 g/mol. The predicted octanol–water partition coefficient (Wildman–Crippen LogP) is -0.196. The van der Waals surface area contributed by atoms with Gasteiger partial charge in [-0.15, -0.1) is 0 Å². The Bertz CT molecular complexity index is 959. The van der Waals surface area contributed by atoms with E-state index in [1.54, 1.807) is 0 Å². The van der Waals surface area contributed by atoms with Gasteiger partial charge in [0.1, 0.15) is 5.69 Å². The third-order valence-electron chi connectivity index (χ3n) is 4.88. The average Bonchev–Trinajstić information content (AvgIpc) is 3.04. The summed E-state index contributed by atoms with van der Waals surface area (Å²) in [5.74, 6) is 0.268. The first-order chi connectivity index (χ1) is 13.7. The fourth-order valence-corrected chi connectivity index (χ4v) is 6.47. The standard InChI is InChI=1S/C16H24N4O7S2/c21-20(22)16-11-14(29(25,26)19-6-8-27-9-7-19)1-2-15(16)18-5-4-17-13-3-10-28(23,24)12-13/h1-2,11,13,17-18H,3-10,12H2. The normalized spacial score (nSPS) is 22.4. The van der Waals surface area contributed by atoms with Crippen LogP contribution in [0.2, 0.25) is 0 Å². The highest BCUT2D eigenvalue weighted by molar-refractivity contribution is 7.91. The van der Waals surface area contributed by atoms with Gasteiger partial charge in [-0.3, -0.25) is 10.1 Å². The van der Waals surface area contributed by atoms with Crippen molar-refractivity contribution in [2.45, 2.75) is 17.4 Å². The summed E-state index contributed by atoms with van der Waals surface area (Å²) in [7, 11) is -6.80. The number of hydrogen-bond acceptors (Lipinski definition) is 9. The van der Waals surface area contributed by atoms with Gasteiger partial charge in [-0.1, -0.05) is 0 Å². The Morgan fingerprint density at radius 1 is 1.24 bits per heavy atom. The van der Waals surface area contributed by atoms with Gasteiger partial charge < -0.3 is 15.4 Å². The van der Waals surface area contributed by atoms with E-state index in [1.807, 2.05) is 0 Å². The minimum atomic E-state index is -3.83. The maximum absolute atomic E-state index is 12.7. The molecule has 1 unspecified atom stereocenters. The van der Waals surface area contributed by atoms with Gasteiger partial charge in [0.15, 0.2) is 9.84 Å². The van der Waals surface area contributed by atoms with Gasteiger partial charge in [0, 0.05) is 38.3 Å². The van der Waals surface area contributed by atoms with Gasteiger partial charge in [0.2, 0.25) is 10.0 Å². The molecule has 3 rings (SSSR count). The molecule has 2 heterocycles. The number of anilines is 1. The third-order valence-corrected chi connectivity index (χ3v) is 8.54. The molecule has 2 fully saturated rings. The summed E-state index contributed by atoms with van der Waals surface area (Å²) in [4.78, 5) is 10.7. The van der Waals surface area contributed by atoms with Crippen LogP contribution in [-0.2, 0) is 24.6 Å². The Labute approximate surface area is 169 Å². The molecule has 1 aromatic rings. The highest BCUT2D eigenvalue weighted by Crippen LogP contribution is 2.29. The van der Waals surface area contributed by atoms with E-state index in [0.717, 1.165) is 6.07 Å². The Morgan fingerprint density at radius 3 is 2.59 bits per heavy atom. The molecule has 2 saturated heterocycles. The van der Waals surface area contributed by atoms with Gasteiger partial charge >= 0.3 is 0 Å². The van der Waals surface area contributed by atoms with Crippen molar-refractivity contribution in [3.05, 3.63) is 28.3 Å². The van der Waals surface area contributed by atoms with Crippen LogP contribution in [0.15, 0.2) is 23.1 Å². The maximum atomic E-state index is 12.7. The van der Waals surface area contributed by atoms with Crippen LogP contribution in [0.5, 0.6) is 0 Å². The molecule has 0 aromatic heterocycles. The fourth-order valence-electron chi connectivity index (χ4n) is 3.34. The van der Waals surface area contributed by atoms with E-state index in [2.05, 4.69) is 10.6 Å². The Kier molecular flexibility index (Phi) is 6.73. The molecule has 29 heavy (non-hydrogen) atoms. The summed E-state index contributed by atoms with van der Waals surface area (Å²) < 4.78 is 54.7. The van der Waals surface area contributed by atoms with E-state index in [1.165, 1.54) is 16.4 Å². The monoisotopic (exact) mass is 448 g/mol. The second-order valence-electron chi connectivity index (χ2n) is 6.93. The molecule has 2 aliphatic heterocycles. The molecule has 11 nitrogen and oxygen atoms in total. The van der Waals surface area contributed by atoms with E-state index in [9.17, 15) is 26.9 Å². The zero-order chi connectivity index (χ0) is 21.1. The summed E-state index contributed by atoms with van der Waals surface area (Å²) >= 11 is 0. The quantitative estimate of drug-likeness (QED) is 0.313. The largest absolute Gasteiger partial charge is 0.379 e. The summed E-state index contributed by atoms with van der Waals surface area (Å²) in [5, 5.41) is 17.5. The van der Waals surface area contributed by atoms with Crippen molar-refractivity contribution in [1.29, 1.82) is 0 Å². The van der Waals surface area contributed by atoms with Crippen molar-refractivity contribution in [3.8, 4) is 0 Å². The number of sulfone groups is 1. The summed E-state index contributed by atoms with van der Waals surface area (Å²) in [6, 6.07) is 3.67. The Balaban J connectivity index is 1.64. The number of nitrogens with zero attached hydrogens (tertiary/aromatic N) is 2. The lowest BCUT2D eigenvalue weighted by Gasteiger charge is -2.26. The van der Waals surface area contributed by atoms with Crippen molar-refractivity contribution in [2.75, 3.05) is 56.2 Å². The Hall–Kier alpha value is -1.80. The maximum Gasteiger partial charge on any atom is 0.293 e. The average molecular weight is 449 g/mol. The fraction of sp³-hybridized carbons (Fsp3) is 0.625. The molecule has 0 spiro atoms. The number of sulfonamides is 1. The second-order valence-corrected chi connectivity index (χ2v) is 11.1. The first kappa shape index (κ1) is 21.9. The minimum absolute atomic E-state index is 0.0985.